The zero-order valence-electron chi connectivity index (χ0n) is 22.1. The molecule has 2 aromatic carbocycles. The Balaban J connectivity index is 1.47. The summed E-state index contributed by atoms with van der Waals surface area (Å²) in [5.41, 5.74) is 2.68. The molecule has 0 saturated carbocycles. The third-order valence-corrected chi connectivity index (χ3v) is 7.39. The fourth-order valence-electron chi connectivity index (χ4n) is 4.49. The molecule has 2 N–H and O–H groups in total. The maximum Gasteiger partial charge on any atom is 0.344 e. The van der Waals surface area contributed by atoms with Crippen LogP contribution in [0.2, 0.25) is 0 Å². The summed E-state index contributed by atoms with van der Waals surface area (Å²) in [6.45, 7) is 9.27. The molecule has 10 heteroatoms. The van der Waals surface area contributed by atoms with Crippen LogP contribution in [-0.4, -0.2) is 47.3 Å². The number of hydrogen-bond acceptors (Lipinski definition) is 9. The number of ether oxygens (including phenoxy) is 4. The van der Waals surface area contributed by atoms with Gasteiger partial charge in [-0.25, -0.2) is 4.79 Å². The fourth-order valence-corrected chi connectivity index (χ4v) is 5.25. The van der Waals surface area contributed by atoms with Gasteiger partial charge in [0.1, 0.15) is 29.5 Å². The first-order valence-corrected chi connectivity index (χ1v) is 13.1. The van der Waals surface area contributed by atoms with E-state index in [1.165, 1.54) is 0 Å². The van der Waals surface area contributed by atoms with Crippen molar-refractivity contribution in [1.29, 1.82) is 0 Å². The van der Waals surface area contributed by atoms with Gasteiger partial charge in [-0.05, 0) is 63.4 Å². The van der Waals surface area contributed by atoms with Crippen LogP contribution >= 0.6 is 11.3 Å². The molecule has 0 saturated heterocycles. The van der Waals surface area contributed by atoms with Crippen LogP contribution in [-0.2, 0) is 16.0 Å². The minimum Gasteiger partial charge on any atom is -0.494 e. The zero-order valence-corrected chi connectivity index (χ0v) is 22.9. The number of benzene rings is 2. The summed E-state index contributed by atoms with van der Waals surface area (Å²) in [5.74, 6) is 0.945. The van der Waals surface area contributed by atoms with Crippen molar-refractivity contribution >= 4 is 23.1 Å². The highest BCUT2D eigenvalue weighted by atomic mass is 32.1. The number of Topliss-reactive ketones (excluding diaryl/α,β-unsaturated/α-hetero) is 1. The first kappa shape index (κ1) is 27.3. The Morgan fingerprint density at radius 2 is 1.82 bits per heavy atom. The Hall–Kier alpha value is -3.79. The molecule has 0 amide bonds. The molecule has 1 aromatic heterocycles. The van der Waals surface area contributed by atoms with E-state index in [0.717, 1.165) is 28.0 Å². The number of aromatic amines is 1. The Labute approximate surface area is 224 Å². The van der Waals surface area contributed by atoms with E-state index in [4.69, 9.17) is 18.9 Å². The van der Waals surface area contributed by atoms with E-state index in [9.17, 15) is 19.5 Å². The fraction of sp³-hybridized carbons (Fsp3) is 0.393. The Morgan fingerprint density at radius 1 is 1.11 bits per heavy atom. The van der Waals surface area contributed by atoms with Gasteiger partial charge in [-0.1, -0.05) is 23.5 Å². The van der Waals surface area contributed by atoms with Crippen LogP contribution in [0.15, 0.2) is 29.1 Å². The van der Waals surface area contributed by atoms with Gasteiger partial charge in [-0.15, -0.1) is 0 Å². The third-order valence-electron chi connectivity index (χ3n) is 6.52. The van der Waals surface area contributed by atoms with Gasteiger partial charge in [-0.2, -0.15) is 0 Å². The van der Waals surface area contributed by atoms with Crippen molar-refractivity contribution in [1.82, 2.24) is 4.98 Å². The molecule has 0 aliphatic carbocycles. The van der Waals surface area contributed by atoms with Crippen molar-refractivity contribution in [2.75, 3.05) is 19.8 Å². The molecule has 0 bridgehead atoms. The molecular weight excluding hydrogens is 510 g/mol. The van der Waals surface area contributed by atoms with Crippen LogP contribution in [0.3, 0.4) is 0 Å². The highest BCUT2D eigenvalue weighted by molar-refractivity contribution is 7.09. The molecule has 202 valence electrons. The number of fused-ring (bicyclic) bond motifs is 1. The molecule has 1 atom stereocenters. The van der Waals surface area contributed by atoms with Gasteiger partial charge < -0.3 is 24.1 Å². The minimum absolute atomic E-state index is 0.0837. The topological polar surface area (TPSA) is 124 Å². The lowest BCUT2D eigenvalue weighted by Crippen LogP contribution is -2.45. The summed E-state index contributed by atoms with van der Waals surface area (Å²) in [6, 6.07) is 7.32. The molecule has 2 heterocycles. The number of esters is 1. The summed E-state index contributed by atoms with van der Waals surface area (Å²) >= 11 is 0.977. The van der Waals surface area contributed by atoms with Crippen LogP contribution in [0, 0.1) is 20.8 Å². The highest BCUT2D eigenvalue weighted by Crippen LogP contribution is 2.44. The summed E-state index contributed by atoms with van der Waals surface area (Å²) in [5, 5.41) is 9.80. The second kappa shape index (κ2) is 10.9. The Kier molecular flexibility index (Phi) is 7.82. The molecular formula is C28H31NO8S. The molecule has 1 unspecified atom stereocenters. The Morgan fingerprint density at radius 3 is 2.45 bits per heavy atom. The summed E-state index contributed by atoms with van der Waals surface area (Å²) < 4.78 is 23.1. The first-order valence-electron chi connectivity index (χ1n) is 12.3. The lowest BCUT2D eigenvalue weighted by molar-refractivity contribution is -0.145. The monoisotopic (exact) mass is 541 g/mol. The zero-order chi connectivity index (χ0) is 27.6. The van der Waals surface area contributed by atoms with Crippen LogP contribution in [0.5, 0.6) is 23.1 Å². The number of carbonyl (C=O) groups is 2. The first-order chi connectivity index (χ1) is 18.0. The van der Waals surface area contributed by atoms with E-state index in [0.29, 0.717) is 39.7 Å². The van der Waals surface area contributed by atoms with Crippen molar-refractivity contribution in [2.24, 2.45) is 0 Å². The quantitative estimate of drug-likeness (QED) is 0.382. The van der Waals surface area contributed by atoms with Crippen molar-refractivity contribution in [3.63, 3.8) is 0 Å². The SMILES string of the molecule is CCOC(=O)COc1c(C)c(C)c2c(c1C)C(=O)CC(C)(COc1ccc(Cc3sc(=O)[nH]c3O)cc1)O2. The number of ketones is 1. The smallest absolute Gasteiger partial charge is 0.344 e. The van der Waals surface area contributed by atoms with E-state index in [1.807, 2.05) is 32.9 Å². The van der Waals surface area contributed by atoms with Crippen molar-refractivity contribution < 1.29 is 33.6 Å². The second-order valence-corrected chi connectivity index (χ2v) is 10.6. The van der Waals surface area contributed by atoms with E-state index < -0.39 is 11.6 Å². The number of H-pyrrole nitrogens is 1. The van der Waals surface area contributed by atoms with Gasteiger partial charge in [0.15, 0.2) is 12.4 Å². The molecule has 9 nitrogen and oxygen atoms in total. The molecule has 0 spiro atoms. The van der Waals surface area contributed by atoms with E-state index in [1.54, 1.807) is 26.0 Å². The predicted molar refractivity (Wildman–Crippen MR) is 142 cm³/mol. The lowest BCUT2D eigenvalue weighted by atomic mass is 9.86. The van der Waals surface area contributed by atoms with Gasteiger partial charge >= 0.3 is 10.8 Å². The van der Waals surface area contributed by atoms with Crippen molar-refractivity contribution in [3.05, 3.63) is 66.6 Å². The van der Waals surface area contributed by atoms with Crippen molar-refractivity contribution in [3.8, 4) is 23.1 Å². The number of carbonyl (C=O) groups excluding carboxylic acids is 2. The third kappa shape index (κ3) is 5.70. The number of thiazole rings is 1. The molecule has 1 aliphatic rings. The van der Waals surface area contributed by atoms with E-state index >= 15 is 0 Å². The molecule has 38 heavy (non-hydrogen) atoms. The molecule has 1 aliphatic heterocycles. The van der Waals surface area contributed by atoms with Crippen molar-refractivity contribution in [2.45, 2.75) is 53.1 Å². The van der Waals surface area contributed by atoms with Gasteiger partial charge in [-0.3, -0.25) is 14.6 Å². The molecule has 4 rings (SSSR count). The average Bonchev–Trinajstić information content (AvgIpc) is 3.18. The maximum absolute atomic E-state index is 13.3. The molecule has 0 radical (unpaired) electrons. The summed E-state index contributed by atoms with van der Waals surface area (Å²) in [7, 11) is 0. The molecule has 3 aromatic rings. The van der Waals surface area contributed by atoms with Gasteiger partial charge in [0, 0.05) is 12.0 Å². The van der Waals surface area contributed by atoms with Gasteiger partial charge in [0.05, 0.1) is 23.5 Å². The van der Waals surface area contributed by atoms with Crippen LogP contribution in [0.4, 0.5) is 0 Å². The van der Waals surface area contributed by atoms with Crippen LogP contribution in [0.25, 0.3) is 0 Å². The minimum atomic E-state index is -0.886. The van der Waals surface area contributed by atoms with E-state index in [2.05, 4.69) is 4.98 Å². The summed E-state index contributed by atoms with van der Waals surface area (Å²) in [6.07, 6.45) is 0.537. The number of aromatic nitrogens is 1. The van der Waals surface area contributed by atoms with Gasteiger partial charge in [0.2, 0.25) is 5.88 Å². The second-order valence-electron chi connectivity index (χ2n) is 9.55. The number of hydrogen-bond donors (Lipinski definition) is 2. The average molecular weight is 542 g/mol. The van der Waals surface area contributed by atoms with Gasteiger partial charge in [0.25, 0.3) is 0 Å². The van der Waals surface area contributed by atoms with Crippen LogP contribution < -0.4 is 19.1 Å². The number of nitrogens with one attached hydrogen (secondary N) is 1. The Bertz CT molecular complexity index is 1420. The van der Waals surface area contributed by atoms with Crippen LogP contribution in [0.1, 0.15) is 57.8 Å². The predicted octanol–water partition coefficient (Wildman–Crippen LogP) is 4.40. The molecule has 0 fully saturated rings. The largest absolute Gasteiger partial charge is 0.494 e. The maximum atomic E-state index is 13.3. The summed E-state index contributed by atoms with van der Waals surface area (Å²) in [4.78, 5) is 39.1. The van der Waals surface area contributed by atoms with E-state index in [-0.39, 0.29) is 42.8 Å². The lowest BCUT2D eigenvalue weighted by Gasteiger charge is -2.37. The normalized spacial score (nSPS) is 16.5. The highest BCUT2D eigenvalue weighted by Gasteiger charge is 2.40. The number of rotatable bonds is 9. The standard InChI is InChI=1S/C28H31NO8S/c1-6-34-22(31)13-35-24-15(2)16(3)25-23(17(24)4)20(30)12-28(5,37-25)14-36-19-9-7-18(8-10-19)11-21-26(32)29-27(33)38-21/h7-10,32H,6,11-14H2,1-5H3,(H,29,33). The number of aromatic hydroxyl groups is 1.